The molecule has 0 bridgehead atoms. The number of thiophene rings is 1. The maximum Gasteiger partial charge on any atom is 0.0992 e. The highest BCUT2D eigenvalue weighted by atomic mass is 35.5. The summed E-state index contributed by atoms with van der Waals surface area (Å²) in [6, 6.07) is 7.44. The van der Waals surface area contributed by atoms with Gasteiger partial charge in [0.05, 0.1) is 8.67 Å². The van der Waals surface area contributed by atoms with Crippen LogP contribution in [-0.4, -0.2) is 6.54 Å². The summed E-state index contributed by atoms with van der Waals surface area (Å²) in [7, 11) is 0. The lowest BCUT2D eigenvalue weighted by Crippen LogP contribution is -2.22. The molecule has 1 heterocycles. The fraction of sp³-hybridized carbons (Fsp3) is 0.286. The first kappa shape index (κ1) is 16.4. The van der Waals surface area contributed by atoms with Crippen LogP contribution in [0.5, 0.6) is 0 Å². The van der Waals surface area contributed by atoms with Crippen molar-refractivity contribution in [2.45, 2.75) is 19.4 Å². The Morgan fingerprint density at radius 2 is 1.90 bits per heavy atom. The number of hydrogen-bond acceptors (Lipinski definition) is 2. The summed E-state index contributed by atoms with van der Waals surface area (Å²) >= 11 is 25.9. The standard InChI is InChI=1S/C14H13Cl4NS/c1-2-19-12(10-7-13(17)20-14(10)18)6-8-5-9(15)3-4-11(8)16/h3-5,7,12,19H,2,6H2,1H3. The van der Waals surface area contributed by atoms with Crippen LogP contribution in [0.25, 0.3) is 0 Å². The summed E-state index contributed by atoms with van der Waals surface area (Å²) in [5, 5.41) is 4.79. The largest absolute Gasteiger partial charge is 0.310 e. The van der Waals surface area contributed by atoms with Crippen molar-refractivity contribution < 1.29 is 0 Å². The van der Waals surface area contributed by atoms with Gasteiger partial charge in [-0.15, -0.1) is 11.3 Å². The minimum atomic E-state index is 0.0622. The molecule has 0 aliphatic rings. The molecule has 0 fully saturated rings. The van der Waals surface area contributed by atoms with Gasteiger partial charge in [-0.1, -0.05) is 53.3 Å². The molecule has 2 rings (SSSR count). The fourth-order valence-electron chi connectivity index (χ4n) is 2.05. The second kappa shape index (κ2) is 7.35. The highest BCUT2D eigenvalue weighted by Gasteiger charge is 2.18. The Hall–Kier alpha value is 0.0400. The molecule has 20 heavy (non-hydrogen) atoms. The zero-order chi connectivity index (χ0) is 14.7. The molecule has 1 aromatic heterocycles. The molecule has 2 aromatic rings. The average molecular weight is 369 g/mol. The monoisotopic (exact) mass is 367 g/mol. The summed E-state index contributed by atoms with van der Waals surface area (Å²) in [6.45, 7) is 2.88. The van der Waals surface area contributed by atoms with E-state index in [1.165, 1.54) is 11.3 Å². The predicted molar refractivity (Wildman–Crippen MR) is 90.9 cm³/mol. The first-order valence-corrected chi connectivity index (χ1v) is 8.46. The number of benzene rings is 1. The van der Waals surface area contributed by atoms with Crippen molar-refractivity contribution in [1.29, 1.82) is 0 Å². The van der Waals surface area contributed by atoms with E-state index in [0.29, 0.717) is 25.1 Å². The molecular weight excluding hydrogens is 356 g/mol. The lowest BCUT2D eigenvalue weighted by molar-refractivity contribution is 0.551. The average Bonchev–Trinajstić information content (AvgIpc) is 2.72. The molecular formula is C14H13Cl4NS. The lowest BCUT2D eigenvalue weighted by Gasteiger charge is -2.18. The van der Waals surface area contributed by atoms with Gasteiger partial charge in [0.25, 0.3) is 0 Å². The van der Waals surface area contributed by atoms with Crippen LogP contribution in [0.1, 0.15) is 24.1 Å². The van der Waals surface area contributed by atoms with Gasteiger partial charge in [-0.25, -0.2) is 0 Å². The topological polar surface area (TPSA) is 12.0 Å². The van der Waals surface area contributed by atoms with E-state index in [9.17, 15) is 0 Å². The van der Waals surface area contributed by atoms with Crippen molar-refractivity contribution >= 4 is 57.7 Å². The summed E-state index contributed by atoms with van der Waals surface area (Å²) in [6.07, 6.45) is 0.708. The SMILES string of the molecule is CCNC(Cc1cc(Cl)ccc1Cl)c1cc(Cl)sc1Cl. The molecule has 1 unspecified atom stereocenters. The van der Waals surface area contributed by atoms with Gasteiger partial charge in [0.15, 0.2) is 0 Å². The summed E-state index contributed by atoms with van der Waals surface area (Å²) in [5.41, 5.74) is 1.99. The van der Waals surface area contributed by atoms with Crippen molar-refractivity contribution in [1.82, 2.24) is 5.32 Å². The first-order valence-electron chi connectivity index (χ1n) is 6.13. The highest BCUT2D eigenvalue weighted by molar-refractivity contribution is 7.20. The number of rotatable bonds is 5. The molecule has 0 aliphatic heterocycles. The van der Waals surface area contributed by atoms with Crippen LogP contribution in [0.4, 0.5) is 0 Å². The molecule has 1 atom stereocenters. The van der Waals surface area contributed by atoms with Crippen molar-refractivity contribution in [3.8, 4) is 0 Å². The van der Waals surface area contributed by atoms with Gasteiger partial charge in [0.2, 0.25) is 0 Å². The summed E-state index contributed by atoms with van der Waals surface area (Å²) in [4.78, 5) is 0. The molecule has 0 saturated carbocycles. The quantitative estimate of drug-likeness (QED) is 0.657. The van der Waals surface area contributed by atoms with Gasteiger partial charge in [0.1, 0.15) is 0 Å². The first-order chi connectivity index (χ1) is 9.51. The van der Waals surface area contributed by atoms with Gasteiger partial charge in [-0.05, 0) is 42.8 Å². The third-order valence-electron chi connectivity index (χ3n) is 2.94. The van der Waals surface area contributed by atoms with E-state index < -0.39 is 0 Å². The summed E-state index contributed by atoms with van der Waals surface area (Å²) in [5.74, 6) is 0. The van der Waals surface area contributed by atoms with E-state index in [4.69, 9.17) is 46.4 Å². The number of hydrogen-bond donors (Lipinski definition) is 1. The molecule has 108 valence electrons. The normalized spacial score (nSPS) is 12.7. The van der Waals surface area contributed by atoms with Crippen molar-refractivity contribution in [3.05, 3.63) is 54.1 Å². The maximum atomic E-state index is 6.25. The molecule has 0 aliphatic carbocycles. The zero-order valence-corrected chi connectivity index (χ0v) is 14.6. The smallest absolute Gasteiger partial charge is 0.0992 e. The predicted octanol–water partition coefficient (Wildman–Crippen LogP) is 6.26. The number of likely N-dealkylation sites (N-methyl/N-ethyl adjacent to an activating group) is 1. The van der Waals surface area contributed by atoms with E-state index >= 15 is 0 Å². The lowest BCUT2D eigenvalue weighted by atomic mass is 10.0. The Balaban J connectivity index is 2.30. The van der Waals surface area contributed by atoms with E-state index in [-0.39, 0.29) is 6.04 Å². The Kier molecular flexibility index (Phi) is 6.03. The van der Waals surface area contributed by atoms with E-state index in [1.807, 2.05) is 18.2 Å². The van der Waals surface area contributed by atoms with E-state index in [0.717, 1.165) is 17.7 Å². The Labute approximate surface area is 142 Å². The molecule has 1 N–H and O–H groups in total. The van der Waals surface area contributed by atoms with Gasteiger partial charge >= 0.3 is 0 Å². The fourth-order valence-corrected chi connectivity index (χ4v) is 4.02. The van der Waals surface area contributed by atoms with Gasteiger partial charge in [-0.2, -0.15) is 0 Å². The van der Waals surface area contributed by atoms with E-state index in [1.54, 1.807) is 6.07 Å². The molecule has 0 amide bonds. The van der Waals surface area contributed by atoms with Crippen LogP contribution in [0.2, 0.25) is 18.7 Å². The van der Waals surface area contributed by atoms with Crippen LogP contribution in [0.15, 0.2) is 24.3 Å². The minimum absolute atomic E-state index is 0.0622. The van der Waals surface area contributed by atoms with Crippen LogP contribution in [-0.2, 0) is 6.42 Å². The summed E-state index contributed by atoms with van der Waals surface area (Å²) < 4.78 is 1.39. The highest BCUT2D eigenvalue weighted by Crippen LogP contribution is 2.37. The van der Waals surface area contributed by atoms with Gasteiger partial charge in [-0.3, -0.25) is 0 Å². The van der Waals surface area contributed by atoms with Crippen molar-refractivity contribution in [2.75, 3.05) is 6.54 Å². The van der Waals surface area contributed by atoms with E-state index in [2.05, 4.69) is 12.2 Å². The van der Waals surface area contributed by atoms with Gasteiger partial charge in [0, 0.05) is 21.7 Å². The molecule has 1 aromatic carbocycles. The molecule has 6 heteroatoms. The Bertz CT molecular complexity index is 597. The second-order valence-electron chi connectivity index (χ2n) is 4.33. The van der Waals surface area contributed by atoms with Crippen molar-refractivity contribution in [3.63, 3.8) is 0 Å². The molecule has 0 radical (unpaired) electrons. The third kappa shape index (κ3) is 4.03. The molecule has 1 nitrogen and oxygen atoms in total. The second-order valence-corrected chi connectivity index (χ2v) is 7.46. The maximum absolute atomic E-state index is 6.25. The Morgan fingerprint density at radius 3 is 2.50 bits per heavy atom. The molecule has 0 spiro atoms. The van der Waals surface area contributed by atoms with Crippen LogP contribution >= 0.6 is 57.7 Å². The van der Waals surface area contributed by atoms with Crippen LogP contribution in [0, 0.1) is 0 Å². The van der Waals surface area contributed by atoms with Crippen molar-refractivity contribution in [2.24, 2.45) is 0 Å². The van der Waals surface area contributed by atoms with Crippen LogP contribution < -0.4 is 5.32 Å². The van der Waals surface area contributed by atoms with Crippen LogP contribution in [0.3, 0.4) is 0 Å². The minimum Gasteiger partial charge on any atom is -0.310 e. The third-order valence-corrected chi connectivity index (χ3v) is 5.06. The Morgan fingerprint density at radius 1 is 1.15 bits per heavy atom. The van der Waals surface area contributed by atoms with Gasteiger partial charge < -0.3 is 5.32 Å². The zero-order valence-electron chi connectivity index (χ0n) is 10.7. The number of halogens is 4. The number of nitrogens with one attached hydrogen (secondary N) is 1. The molecule has 0 saturated heterocycles.